The molecule has 0 fully saturated rings. The summed E-state index contributed by atoms with van der Waals surface area (Å²) in [7, 11) is 0. The SMILES string of the molecule is CCCCCCC(C)c1c[nH]c2ccc(OC(F)F)cc12. The van der Waals surface area contributed by atoms with Crippen LogP contribution in [-0.4, -0.2) is 11.6 Å². The Bertz CT molecular complexity index is 565. The number of unbranched alkanes of at least 4 members (excludes halogenated alkanes) is 3. The molecule has 1 atom stereocenters. The zero-order valence-corrected chi connectivity index (χ0v) is 12.7. The van der Waals surface area contributed by atoms with Crippen molar-refractivity contribution in [1.82, 2.24) is 4.98 Å². The van der Waals surface area contributed by atoms with Gasteiger partial charge in [-0.2, -0.15) is 8.78 Å². The molecule has 1 aromatic heterocycles. The molecule has 1 N–H and O–H groups in total. The number of ether oxygens (including phenoxy) is 1. The van der Waals surface area contributed by atoms with Crippen LogP contribution in [0.3, 0.4) is 0 Å². The lowest BCUT2D eigenvalue weighted by atomic mass is 9.94. The molecule has 1 unspecified atom stereocenters. The first kappa shape index (κ1) is 15.8. The Kier molecular flexibility index (Phi) is 5.59. The minimum absolute atomic E-state index is 0.219. The molecule has 1 aromatic carbocycles. The molecule has 2 nitrogen and oxygen atoms in total. The van der Waals surface area contributed by atoms with Crippen molar-refractivity contribution < 1.29 is 13.5 Å². The third-order valence-corrected chi connectivity index (χ3v) is 3.93. The summed E-state index contributed by atoms with van der Waals surface area (Å²) >= 11 is 0. The van der Waals surface area contributed by atoms with Crippen LogP contribution in [0, 0.1) is 0 Å². The summed E-state index contributed by atoms with van der Waals surface area (Å²) in [6.45, 7) is 1.61. The smallest absolute Gasteiger partial charge is 0.387 e. The van der Waals surface area contributed by atoms with E-state index in [1.165, 1.54) is 31.2 Å². The number of aromatic amines is 1. The minimum Gasteiger partial charge on any atom is -0.435 e. The normalized spacial score (nSPS) is 13.0. The second-order valence-electron chi connectivity index (χ2n) is 5.58. The van der Waals surface area contributed by atoms with Gasteiger partial charge in [0.25, 0.3) is 0 Å². The van der Waals surface area contributed by atoms with Crippen LogP contribution < -0.4 is 4.74 Å². The number of hydrogen-bond acceptors (Lipinski definition) is 1. The summed E-state index contributed by atoms with van der Waals surface area (Å²) in [5, 5.41) is 0.983. The summed E-state index contributed by atoms with van der Waals surface area (Å²) in [4.78, 5) is 3.21. The number of fused-ring (bicyclic) bond motifs is 1. The van der Waals surface area contributed by atoms with Crippen LogP contribution in [0.15, 0.2) is 24.4 Å². The van der Waals surface area contributed by atoms with Crippen LogP contribution in [0.1, 0.15) is 57.4 Å². The summed E-state index contributed by atoms with van der Waals surface area (Å²) < 4.78 is 29.1. The Morgan fingerprint density at radius 2 is 2.00 bits per heavy atom. The highest BCUT2D eigenvalue weighted by molar-refractivity contribution is 5.85. The molecule has 116 valence electrons. The van der Waals surface area contributed by atoms with E-state index in [4.69, 9.17) is 0 Å². The molecule has 21 heavy (non-hydrogen) atoms. The first-order valence-corrected chi connectivity index (χ1v) is 7.67. The van der Waals surface area contributed by atoms with Crippen LogP contribution in [0.25, 0.3) is 10.9 Å². The van der Waals surface area contributed by atoms with Gasteiger partial charge in [0.05, 0.1) is 0 Å². The van der Waals surface area contributed by atoms with Crippen molar-refractivity contribution in [2.24, 2.45) is 0 Å². The van der Waals surface area contributed by atoms with Crippen LogP contribution >= 0.6 is 0 Å². The van der Waals surface area contributed by atoms with E-state index < -0.39 is 6.61 Å². The van der Waals surface area contributed by atoms with E-state index in [-0.39, 0.29) is 5.75 Å². The van der Waals surface area contributed by atoms with Gasteiger partial charge < -0.3 is 9.72 Å². The number of nitrogens with one attached hydrogen (secondary N) is 1. The summed E-state index contributed by atoms with van der Waals surface area (Å²) in [5.74, 6) is 0.633. The molecule has 0 spiro atoms. The van der Waals surface area contributed by atoms with Gasteiger partial charge in [-0.15, -0.1) is 0 Å². The predicted molar refractivity (Wildman–Crippen MR) is 82.1 cm³/mol. The summed E-state index contributed by atoms with van der Waals surface area (Å²) in [6.07, 6.45) is 8.06. The van der Waals surface area contributed by atoms with Crippen molar-refractivity contribution in [3.8, 4) is 5.75 Å². The quantitative estimate of drug-likeness (QED) is 0.608. The standard InChI is InChI=1S/C17H23F2NO/c1-3-4-5-6-7-12(2)15-11-20-16-9-8-13(10-14(15)16)21-17(18)19/h8-12,17,20H,3-7H2,1-2H3. The maximum absolute atomic E-state index is 12.3. The van der Waals surface area contributed by atoms with Crippen molar-refractivity contribution in [2.45, 2.75) is 58.5 Å². The van der Waals surface area contributed by atoms with E-state index in [9.17, 15) is 8.78 Å². The van der Waals surface area contributed by atoms with Gasteiger partial charge in [-0.05, 0) is 36.1 Å². The average molecular weight is 295 g/mol. The summed E-state index contributed by atoms with van der Waals surface area (Å²) in [5.41, 5.74) is 2.15. The molecule has 0 saturated carbocycles. The second-order valence-corrected chi connectivity index (χ2v) is 5.58. The molecule has 0 bridgehead atoms. The number of hydrogen-bond donors (Lipinski definition) is 1. The topological polar surface area (TPSA) is 25.0 Å². The Morgan fingerprint density at radius 1 is 1.19 bits per heavy atom. The number of aromatic nitrogens is 1. The van der Waals surface area contributed by atoms with Gasteiger partial charge in [-0.1, -0.05) is 39.5 Å². The van der Waals surface area contributed by atoms with E-state index in [1.807, 2.05) is 6.20 Å². The number of rotatable bonds is 8. The molecular formula is C17H23F2NO. The Labute approximate surface area is 124 Å². The number of halogens is 2. The van der Waals surface area contributed by atoms with E-state index in [1.54, 1.807) is 18.2 Å². The lowest BCUT2D eigenvalue weighted by Gasteiger charge is -2.11. The van der Waals surface area contributed by atoms with Crippen molar-refractivity contribution in [3.63, 3.8) is 0 Å². The summed E-state index contributed by atoms with van der Waals surface area (Å²) in [6, 6.07) is 5.07. The number of H-pyrrole nitrogens is 1. The predicted octanol–water partition coefficient (Wildman–Crippen LogP) is 5.84. The fourth-order valence-electron chi connectivity index (χ4n) is 2.74. The third kappa shape index (κ3) is 4.19. The van der Waals surface area contributed by atoms with E-state index in [2.05, 4.69) is 23.6 Å². The molecule has 0 aliphatic heterocycles. The van der Waals surface area contributed by atoms with Crippen LogP contribution in [0.2, 0.25) is 0 Å². The molecule has 0 aliphatic rings. The van der Waals surface area contributed by atoms with Gasteiger partial charge in [0, 0.05) is 17.1 Å². The number of alkyl halides is 2. The minimum atomic E-state index is -2.78. The molecule has 0 aliphatic carbocycles. The Morgan fingerprint density at radius 3 is 2.71 bits per heavy atom. The second kappa shape index (κ2) is 7.43. The zero-order chi connectivity index (χ0) is 15.2. The van der Waals surface area contributed by atoms with Gasteiger partial charge in [0.1, 0.15) is 5.75 Å². The fourth-order valence-corrected chi connectivity index (χ4v) is 2.74. The molecule has 0 radical (unpaired) electrons. The molecule has 2 aromatic rings. The number of benzene rings is 1. The van der Waals surface area contributed by atoms with E-state index >= 15 is 0 Å². The van der Waals surface area contributed by atoms with Crippen molar-refractivity contribution in [2.75, 3.05) is 0 Å². The first-order valence-electron chi connectivity index (χ1n) is 7.67. The lowest BCUT2D eigenvalue weighted by molar-refractivity contribution is -0.0497. The third-order valence-electron chi connectivity index (χ3n) is 3.93. The highest BCUT2D eigenvalue weighted by Gasteiger charge is 2.13. The van der Waals surface area contributed by atoms with Crippen LogP contribution in [0.4, 0.5) is 8.78 Å². The average Bonchev–Trinajstić information content (AvgIpc) is 2.86. The van der Waals surface area contributed by atoms with Gasteiger partial charge in [0.2, 0.25) is 0 Å². The molecule has 2 rings (SSSR count). The molecule has 4 heteroatoms. The van der Waals surface area contributed by atoms with Crippen LogP contribution in [-0.2, 0) is 0 Å². The fraction of sp³-hybridized carbons (Fsp3) is 0.529. The van der Waals surface area contributed by atoms with Crippen molar-refractivity contribution >= 4 is 10.9 Å². The van der Waals surface area contributed by atoms with Gasteiger partial charge in [0.15, 0.2) is 0 Å². The highest BCUT2D eigenvalue weighted by atomic mass is 19.3. The monoisotopic (exact) mass is 295 g/mol. The van der Waals surface area contributed by atoms with E-state index in [0.717, 1.165) is 17.3 Å². The molecule has 0 saturated heterocycles. The largest absolute Gasteiger partial charge is 0.435 e. The van der Waals surface area contributed by atoms with E-state index in [0.29, 0.717) is 5.92 Å². The van der Waals surface area contributed by atoms with Crippen molar-refractivity contribution in [3.05, 3.63) is 30.0 Å². The Hall–Kier alpha value is -1.58. The lowest BCUT2D eigenvalue weighted by Crippen LogP contribution is -2.01. The molecular weight excluding hydrogens is 272 g/mol. The highest BCUT2D eigenvalue weighted by Crippen LogP contribution is 2.31. The molecule has 1 heterocycles. The zero-order valence-electron chi connectivity index (χ0n) is 12.7. The Balaban J connectivity index is 2.11. The van der Waals surface area contributed by atoms with Crippen LogP contribution in [0.5, 0.6) is 5.75 Å². The van der Waals surface area contributed by atoms with Gasteiger partial charge >= 0.3 is 6.61 Å². The van der Waals surface area contributed by atoms with Gasteiger partial charge in [-0.3, -0.25) is 0 Å². The van der Waals surface area contributed by atoms with Gasteiger partial charge in [-0.25, -0.2) is 0 Å². The maximum Gasteiger partial charge on any atom is 0.387 e. The molecule has 0 amide bonds. The maximum atomic E-state index is 12.3. The first-order chi connectivity index (χ1) is 10.1. The van der Waals surface area contributed by atoms with Crippen molar-refractivity contribution in [1.29, 1.82) is 0 Å².